The van der Waals surface area contributed by atoms with E-state index in [4.69, 9.17) is 10.2 Å². The molecular weight excluding hydrogens is 323 g/mol. The van der Waals surface area contributed by atoms with E-state index in [1.54, 1.807) is 0 Å². The van der Waals surface area contributed by atoms with E-state index in [2.05, 4.69) is 18.0 Å². The number of aliphatic hydroxyl groups excluding tert-OH is 1. The smallest absolute Gasteiger partial charge is 0.862 e. The van der Waals surface area contributed by atoms with Crippen molar-refractivity contribution in [2.75, 3.05) is 32.8 Å². The Morgan fingerprint density at radius 1 is 1.17 bits per heavy atom. The number of carboxylic acid groups (broad SMARTS) is 1. The molecule has 2 N–H and O–H groups in total. The molecule has 0 fully saturated rings. The second kappa shape index (κ2) is 18.6. The Morgan fingerprint density at radius 3 is 2.48 bits per heavy atom. The fourth-order valence-corrected chi connectivity index (χ4v) is 1.89. The van der Waals surface area contributed by atoms with E-state index in [0.717, 1.165) is 19.3 Å². The van der Waals surface area contributed by atoms with Crippen molar-refractivity contribution < 1.29 is 71.5 Å². The number of nitrogens with zero attached hydrogens (tertiary/aromatic N) is 2. The third-order valence-electron chi connectivity index (χ3n) is 3.13. The average Bonchev–Trinajstić information content (AvgIpc) is 2.49. The minimum atomic E-state index is -0.846. The summed E-state index contributed by atoms with van der Waals surface area (Å²) in [6.07, 6.45) is 8.02. The molecular formula is C16H29KN2O4. The zero-order valence-corrected chi connectivity index (χ0v) is 17.7. The summed E-state index contributed by atoms with van der Waals surface area (Å²) in [6, 6.07) is 0. The summed E-state index contributed by atoms with van der Waals surface area (Å²) in [5.41, 5.74) is 0. The molecule has 0 aromatic carbocycles. The van der Waals surface area contributed by atoms with Gasteiger partial charge in [0.25, 0.3) is 0 Å². The Kier molecular flexibility index (Phi) is 20.6. The molecule has 0 aromatic heterocycles. The number of carboxylic acids is 1. The minimum absolute atomic E-state index is 0. The molecule has 0 saturated carbocycles. The molecule has 7 heteroatoms. The number of aliphatic carboxylic acids is 1. The molecule has 0 aliphatic rings. The Hall–Kier alpha value is 0.236. The minimum Gasteiger partial charge on any atom is -0.862 e. The second-order valence-corrected chi connectivity index (χ2v) is 5.14. The standard InChI is InChI=1S/C16H30N2O4.K/c1-2-3-4-5-6-8-15(20)17-10-13-18(11-7-14-19)12-9-16(21)22;/h4-5,19H,2-3,6-14H2,1H3,(H,17,20)(H,21,22);/q;+1/p-1/b5-4+;. The van der Waals surface area contributed by atoms with E-state index in [1.165, 1.54) is 0 Å². The van der Waals surface area contributed by atoms with Crippen LogP contribution in [0.4, 0.5) is 0 Å². The summed E-state index contributed by atoms with van der Waals surface area (Å²) in [7, 11) is 0. The number of allylic oxidation sites excluding steroid dienone is 2. The molecule has 0 radical (unpaired) electrons. The number of aliphatic hydroxyl groups is 1. The van der Waals surface area contributed by atoms with Crippen molar-refractivity contribution in [1.82, 2.24) is 4.90 Å². The van der Waals surface area contributed by atoms with Gasteiger partial charge in [-0.15, -0.1) is 0 Å². The van der Waals surface area contributed by atoms with Crippen LogP contribution in [0.2, 0.25) is 0 Å². The van der Waals surface area contributed by atoms with Crippen molar-refractivity contribution >= 4 is 11.9 Å². The molecule has 0 aliphatic heterocycles. The zero-order valence-electron chi connectivity index (χ0n) is 14.5. The summed E-state index contributed by atoms with van der Waals surface area (Å²) in [5, 5.41) is 29.1. The van der Waals surface area contributed by atoms with E-state index >= 15 is 0 Å². The number of aliphatic imine (C=N–C) groups is 1. The van der Waals surface area contributed by atoms with E-state index in [1.807, 2.05) is 11.0 Å². The summed E-state index contributed by atoms with van der Waals surface area (Å²) < 4.78 is 0. The van der Waals surface area contributed by atoms with Gasteiger partial charge in [0.05, 0.1) is 13.0 Å². The molecule has 0 amide bonds. The summed E-state index contributed by atoms with van der Waals surface area (Å²) in [6.45, 7) is 4.14. The third kappa shape index (κ3) is 18.4. The van der Waals surface area contributed by atoms with Gasteiger partial charge in [0.15, 0.2) is 0 Å². The summed E-state index contributed by atoms with van der Waals surface area (Å²) in [4.78, 5) is 16.5. The first-order valence-corrected chi connectivity index (χ1v) is 8.00. The van der Waals surface area contributed by atoms with Crippen LogP contribution >= 0.6 is 0 Å². The molecule has 0 unspecified atom stereocenters. The Balaban J connectivity index is 0. The van der Waals surface area contributed by atoms with Crippen LogP contribution < -0.4 is 56.5 Å². The molecule has 0 aromatic rings. The van der Waals surface area contributed by atoms with Crippen molar-refractivity contribution in [3.05, 3.63) is 12.2 Å². The third-order valence-corrected chi connectivity index (χ3v) is 3.13. The van der Waals surface area contributed by atoms with E-state index in [-0.39, 0.29) is 70.3 Å². The van der Waals surface area contributed by atoms with Gasteiger partial charge in [-0.05, 0) is 31.6 Å². The fourth-order valence-electron chi connectivity index (χ4n) is 1.89. The Labute approximate surface area is 182 Å². The number of unbranched alkanes of at least 4 members (excludes halogenated alkanes) is 1. The van der Waals surface area contributed by atoms with Crippen molar-refractivity contribution in [2.45, 2.75) is 45.4 Å². The first kappa shape index (κ1) is 25.5. The van der Waals surface area contributed by atoms with Crippen LogP contribution in [0, 0.1) is 0 Å². The Morgan fingerprint density at radius 2 is 1.87 bits per heavy atom. The predicted molar refractivity (Wildman–Crippen MR) is 86.0 cm³/mol. The number of hydrogen-bond acceptors (Lipinski definition) is 5. The van der Waals surface area contributed by atoms with Gasteiger partial charge in [-0.3, -0.25) is 4.79 Å². The molecule has 0 rings (SSSR count). The largest absolute Gasteiger partial charge is 1.00 e. The summed E-state index contributed by atoms with van der Waals surface area (Å²) >= 11 is 0. The zero-order chi connectivity index (χ0) is 16.6. The van der Waals surface area contributed by atoms with Gasteiger partial charge in [-0.2, -0.15) is 0 Å². The van der Waals surface area contributed by atoms with E-state index in [0.29, 0.717) is 39.0 Å². The first-order chi connectivity index (χ1) is 10.6. The van der Waals surface area contributed by atoms with Crippen LogP contribution in [-0.4, -0.2) is 59.8 Å². The molecule has 6 nitrogen and oxygen atoms in total. The number of hydrogen-bond donors (Lipinski definition) is 2. The van der Waals surface area contributed by atoms with Crippen molar-refractivity contribution in [2.24, 2.45) is 4.99 Å². The maximum absolute atomic E-state index is 11.6. The topological polar surface area (TPSA) is 96.2 Å². The Bertz CT molecular complexity index is 349. The monoisotopic (exact) mass is 352 g/mol. The number of rotatable bonds is 14. The van der Waals surface area contributed by atoms with Gasteiger partial charge < -0.3 is 25.2 Å². The molecule has 23 heavy (non-hydrogen) atoms. The molecule has 0 saturated heterocycles. The maximum Gasteiger partial charge on any atom is 1.00 e. The second-order valence-electron chi connectivity index (χ2n) is 5.14. The van der Waals surface area contributed by atoms with Crippen LogP contribution in [0.1, 0.15) is 45.4 Å². The van der Waals surface area contributed by atoms with Crippen LogP contribution in [0.5, 0.6) is 0 Å². The van der Waals surface area contributed by atoms with Gasteiger partial charge in [-0.25, -0.2) is 0 Å². The molecule has 0 bridgehead atoms. The molecule has 0 aliphatic carbocycles. The van der Waals surface area contributed by atoms with E-state index < -0.39 is 5.97 Å². The fraction of sp³-hybridized carbons (Fsp3) is 0.750. The quantitative estimate of drug-likeness (QED) is 0.164. The SMILES string of the molecule is CCC/C=C/CCC([O-])=NCCN(CCCO)CCC(=O)O.[K+]. The first-order valence-electron chi connectivity index (χ1n) is 8.00. The van der Waals surface area contributed by atoms with E-state index in [9.17, 15) is 9.90 Å². The average molecular weight is 353 g/mol. The molecule has 0 heterocycles. The van der Waals surface area contributed by atoms with Crippen molar-refractivity contribution in [3.63, 3.8) is 0 Å². The van der Waals surface area contributed by atoms with Crippen LogP contribution in [0.25, 0.3) is 0 Å². The van der Waals surface area contributed by atoms with Gasteiger partial charge in [0.1, 0.15) is 0 Å². The molecule has 0 spiro atoms. The van der Waals surface area contributed by atoms with Gasteiger partial charge in [0, 0.05) is 26.2 Å². The van der Waals surface area contributed by atoms with Crippen LogP contribution in [0.3, 0.4) is 0 Å². The van der Waals surface area contributed by atoms with Gasteiger partial charge in [0.2, 0.25) is 0 Å². The van der Waals surface area contributed by atoms with Crippen LogP contribution in [0.15, 0.2) is 17.1 Å². The predicted octanol–water partition coefficient (Wildman–Crippen LogP) is -1.96. The van der Waals surface area contributed by atoms with Crippen molar-refractivity contribution in [1.29, 1.82) is 0 Å². The van der Waals surface area contributed by atoms with Crippen LogP contribution in [-0.2, 0) is 4.79 Å². The van der Waals surface area contributed by atoms with Gasteiger partial charge >= 0.3 is 57.4 Å². The molecule has 0 atom stereocenters. The van der Waals surface area contributed by atoms with Crippen molar-refractivity contribution in [3.8, 4) is 0 Å². The summed E-state index contributed by atoms with van der Waals surface area (Å²) in [5.74, 6) is -0.956. The maximum atomic E-state index is 11.6. The molecule has 128 valence electrons. The van der Waals surface area contributed by atoms with Gasteiger partial charge in [-0.1, -0.05) is 25.5 Å². The number of carbonyl (C=O) groups is 1. The normalized spacial score (nSPS) is 11.9.